The molecule has 0 aliphatic carbocycles. The highest BCUT2D eigenvalue weighted by atomic mass is 32.1. The molecular formula is C19H20N2O2S2. The fourth-order valence-electron chi connectivity index (χ4n) is 2.28. The van der Waals surface area contributed by atoms with E-state index in [-0.39, 0.29) is 5.91 Å². The summed E-state index contributed by atoms with van der Waals surface area (Å²) in [5, 5.41) is 7.42. The van der Waals surface area contributed by atoms with Gasteiger partial charge in [-0.3, -0.25) is 10.1 Å². The van der Waals surface area contributed by atoms with Crippen LogP contribution in [0.25, 0.3) is 10.6 Å². The van der Waals surface area contributed by atoms with Crippen LogP contribution >= 0.6 is 22.7 Å². The van der Waals surface area contributed by atoms with E-state index in [0.717, 1.165) is 22.7 Å². The maximum absolute atomic E-state index is 12.3. The average molecular weight is 373 g/mol. The fraction of sp³-hybridized carbons (Fsp3) is 0.263. The molecule has 0 atom stereocenters. The summed E-state index contributed by atoms with van der Waals surface area (Å²) in [7, 11) is 0. The number of unbranched alkanes of at least 4 members (excludes halogenated alkanes) is 2. The SMILES string of the molecule is CCCCCOc1ccc(C(=O)Nc2nc(-c3cccs3)cs2)cc1. The number of hydrogen-bond acceptors (Lipinski definition) is 5. The molecule has 0 aliphatic heterocycles. The zero-order valence-electron chi connectivity index (χ0n) is 14.0. The van der Waals surface area contributed by atoms with Crippen LogP contribution in [0.4, 0.5) is 5.13 Å². The third kappa shape index (κ3) is 4.90. The van der Waals surface area contributed by atoms with Gasteiger partial charge in [0.25, 0.3) is 5.91 Å². The second kappa shape index (κ2) is 8.78. The summed E-state index contributed by atoms with van der Waals surface area (Å²) in [5.41, 5.74) is 1.49. The van der Waals surface area contributed by atoms with Crippen molar-refractivity contribution in [3.05, 3.63) is 52.7 Å². The van der Waals surface area contributed by atoms with E-state index in [9.17, 15) is 4.79 Å². The predicted molar refractivity (Wildman–Crippen MR) is 105 cm³/mol. The van der Waals surface area contributed by atoms with E-state index in [1.807, 2.05) is 35.0 Å². The Bertz CT molecular complexity index is 795. The minimum Gasteiger partial charge on any atom is -0.494 e. The van der Waals surface area contributed by atoms with Crippen LogP contribution in [-0.4, -0.2) is 17.5 Å². The van der Waals surface area contributed by atoms with Crippen LogP contribution < -0.4 is 10.1 Å². The molecule has 0 bridgehead atoms. The normalized spacial score (nSPS) is 10.6. The molecule has 0 saturated heterocycles. The van der Waals surface area contributed by atoms with Crippen molar-refractivity contribution in [1.29, 1.82) is 0 Å². The summed E-state index contributed by atoms with van der Waals surface area (Å²) < 4.78 is 5.66. The number of thiophene rings is 1. The van der Waals surface area contributed by atoms with Crippen molar-refractivity contribution >= 4 is 33.7 Å². The fourth-order valence-corrected chi connectivity index (χ4v) is 3.75. The first kappa shape index (κ1) is 17.6. The van der Waals surface area contributed by atoms with Crippen LogP contribution in [0.15, 0.2) is 47.2 Å². The first-order valence-corrected chi connectivity index (χ1v) is 10.1. The number of ether oxygens (including phenoxy) is 1. The van der Waals surface area contributed by atoms with Gasteiger partial charge in [0.05, 0.1) is 17.2 Å². The van der Waals surface area contributed by atoms with Gasteiger partial charge in [-0.05, 0) is 42.1 Å². The molecule has 0 radical (unpaired) electrons. The second-order valence-corrected chi connectivity index (χ2v) is 7.36. The van der Waals surface area contributed by atoms with Crippen molar-refractivity contribution in [2.75, 3.05) is 11.9 Å². The molecule has 0 saturated carbocycles. The van der Waals surface area contributed by atoms with E-state index in [0.29, 0.717) is 17.3 Å². The lowest BCUT2D eigenvalue weighted by Crippen LogP contribution is -2.11. The molecule has 0 spiro atoms. The van der Waals surface area contributed by atoms with E-state index in [1.54, 1.807) is 23.5 Å². The van der Waals surface area contributed by atoms with E-state index >= 15 is 0 Å². The third-order valence-electron chi connectivity index (χ3n) is 3.63. The lowest BCUT2D eigenvalue weighted by Gasteiger charge is -2.06. The van der Waals surface area contributed by atoms with Crippen LogP contribution in [0.3, 0.4) is 0 Å². The molecule has 3 aromatic rings. The lowest BCUT2D eigenvalue weighted by atomic mass is 10.2. The average Bonchev–Trinajstić information content (AvgIpc) is 3.30. The van der Waals surface area contributed by atoms with Gasteiger partial charge in [0.2, 0.25) is 0 Å². The van der Waals surface area contributed by atoms with Crippen molar-refractivity contribution in [3.8, 4) is 16.3 Å². The summed E-state index contributed by atoms with van der Waals surface area (Å²) in [6.45, 7) is 2.88. The number of anilines is 1. The molecule has 25 heavy (non-hydrogen) atoms. The smallest absolute Gasteiger partial charge is 0.257 e. The maximum atomic E-state index is 12.3. The highest BCUT2D eigenvalue weighted by molar-refractivity contribution is 7.16. The zero-order valence-corrected chi connectivity index (χ0v) is 15.7. The second-order valence-electron chi connectivity index (χ2n) is 5.55. The monoisotopic (exact) mass is 372 g/mol. The molecule has 2 heterocycles. The highest BCUT2D eigenvalue weighted by Crippen LogP contribution is 2.28. The number of nitrogens with zero attached hydrogens (tertiary/aromatic N) is 1. The largest absolute Gasteiger partial charge is 0.494 e. The molecule has 6 heteroatoms. The first-order chi connectivity index (χ1) is 12.3. The summed E-state index contributed by atoms with van der Waals surface area (Å²) in [6.07, 6.45) is 3.39. The van der Waals surface area contributed by atoms with Gasteiger partial charge in [0.15, 0.2) is 5.13 Å². The van der Waals surface area contributed by atoms with Crippen molar-refractivity contribution in [2.24, 2.45) is 0 Å². The van der Waals surface area contributed by atoms with Crippen LogP contribution in [0.2, 0.25) is 0 Å². The van der Waals surface area contributed by atoms with Gasteiger partial charge in [0.1, 0.15) is 5.75 Å². The Morgan fingerprint density at radius 2 is 2.00 bits per heavy atom. The number of thiazole rings is 1. The molecule has 1 amide bonds. The van der Waals surface area contributed by atoms with Crippen LogP contribution in [-0.2, 0) is 0 Å². The Hall–Kier alpha value is -2.18. The van der Waals surface area contributed by atoms with Crippen LogP contribution in [0, 0.1) is 0 Å². The summed E-state index contributed by atoms with van der Waals surface area (Å²) in [6, 6.07) is 11.2. The number of nitrogens with one attached hydrogen (secondary N) is 1. The van der Waals surface area contributed by atoms with Crippen molar-refractivity contribution in [1.82, 2.24) is 4.98 Å². The molecular weight excluding hydrogens is 352 g/mol. The molecule has 0 unspecified atom stereocenters. The summed E-state index contributed by atoms with van der Waals surface area (Å²) in [5.74, 6) is 0.631. The molecule has 4 nitrogen and oxygen atoms in total. The van der Waals surface area contributed by atoms with Crippen molar-refractivity contribution in [2.45, 2.75) is 26.2 Å². The van der Waals surface area contributed by atoms with Gasteiger partial charge in [-0.25, -0.2) is 4.98 Å². The molecule has 0 fully saturated rings. The minimum atomic E-state index is -0.162. The first-order valence-electron chi connectivity index (χ1n) is 8.30. The standard InChI is InChI=1S/C19H20N2O2S2/c1-2-3-4-11-23-15-9-7-14(8-10-15)18(22)21-19-20-16(13-25-19)17-6-5-12-24-17/h5-10,12-13H,2-4,11H2,1H3,(H,20,21,22). The Morgan fingerprint density at radius 1 is 1.16 bits per heavy atom. The van der Waals surface area contributed by atoms with Crippen LogP contribution in [0.1, 0.15) is 36.5 Å². The predicted octanol–water partition coefficient (Wildman–Crippen LogP) is 5.69. The van der Waals surface area contributed by atoms with E-state index in [1.165, 1.54) is 24.2 Å². The third-order valence-corrected chi connectivity index (χ3v) is 5.28. The number of carbonyl (C=O) groups excluding carboxylic acids is 1. The Kier molecular flexibility index (Phi) is 6.19. The van der Waals surface area contributed by atoms with E-state index < -0.39 is 0 Å². The Balaban J connectivity index is 1.56. The molecule has 1 aromatic carbocycles. The Morgan fingerprint density at radius 3 is 2.72 bits per heavy atom. The summed E-state index contributed by atoms with van der Waals surface area (Å²) >= 11 is 3.06. The van der Waals surface area contributed by atoms with Crippen LogP contribution in [0.5, 0.6) is 5.75 Å². The number of aromatic nitrogens is 1. The number of benzene rings is 1. The summed E-state index contributed by atoms with van der Waals surface area (Å²) in [4.78, 5) is 17.9. The maximum Gasteiger partial charge on any atom is 0.257 e. The van der Waals surface area contributed by atoms with Gasteiger partial charge >= 0.3 is 0 Å². The zero-order chi connectivity index (χ0) is 17.5. The van der Waals surface area contributed by atoms with E-state index in [4.69, 9.17) is 4.74 Å². The van der Waals surface area contributed by atoms with Crippen molar-refractivity contribution in [3.63, 3.8) is 0 Å². The molecule has 2 aromatic heterocycles. The van der Waals surface area contributed by atoms with E-state index in [2.05, 4.69) is 17.2 Å². The minimum absolute atomic E-state index is 0.162. The Labute approximate surface area is 155 Å². The van der Waals surface area contributed by atoms with Gasteiger partial charge in [0, 0.05) is 10.9 Å². The highest BCUT2D eigenvalue weighted by Gasteiger charge is 2.10. The van der Waals surface area contributed by atoms with Crippen molar-refractivity contribution < 1.29 is 9.53 Å². The molecule has 0 aliphatic rings. The number of carbonyl (C=O) groups is 1. The lowest BCUT2D eigenvalue weighted by molar-refractivity contribution is 0.102. The number of hydrogen-bond donors (Lipinski definition) is 1. The number of rotatable bonds is 8. The van der Waals surface area contributed by atoms with Gasteiger partial charge in [-0.1, -0.05) is 25.8 Å². The van der Waals surface area contributed by atoms with Gasteiger partial charge in [-0.2, -0.15) is 0 Å². The quantitative estimate of drug-likeness (QED) is 0.517. The molecule has 3 rings (SSSR count). The molecule has 1 N–H and O–H groups in total. The topological polar surface area (TPSA) is 51.2 Å². The van der Waals surface area contributed by atoms with Gasteiger partial charge < -0.3 is 4.74 Å². The number of amides is 1. The molecule has 130 valence electrons. The van der Waals surface area contributed by atoms with Gasteiger partial charge in [-0.15, -0.1) is 22.7 Å².